The highest BCUT2D eigenvalue weighted by Crippen LogP contribution is 2.22. The second-order valence-electron chi connectivity index (χ2n) is 6.27. The van der Waals surface area contributed by atoms with Crippen molar-refractivity contribution in [3.05, 3.63) is 44.8 Å². The molecule has 1 aromatic heterocycles. The van der Waals surface area contributed by atoms with Gasteiger partial charge in [0.25, 0.3) is 5.56 Å². The van der Waals surface area contributed by atoms with Gasteiger partial charge in [-0.05, 0) is 18.2 Å². The summed E-state index contributed by atoms with van der Waals surface area (Å²) in [4.78, 5) is 35.0. The Bertz CT molecular complexity index is 823. The van der Waals surface area contributed by atoms with E-state index >= 15 is 0 Å². The number of esters is 1. The van der Waals surface area contributed by atoms with Gasteiger partial charge in [0.15, 0.2) is 6.29 Å². The lowest BCUT2D eigenvalue weighted by molar-refractivity contribution is -0.144. The normalized spacial score (nSPS) is 11.5. The molecule has 122 valence electrons. The van der Waals surface area contributed by atoms with Gasteiger partial charge in [-0.3, -0.25) is 14.4 Å². The van der Waals surface area contributed by atoms with E-state index < -0.39 is 5.41 Å². The largest absolute Gasteiger partial charge is 0.465 e. The van der Waals surface area contributed by atoms with E-state index in [9.17, 15) is 14.4 Å². The molecule has 23 heavy (non-hydrogen) atoms. The third-order valence-electron chi connectivity index (χ3n) is 3.47. The van der Waals surface area contributed by atoms with E-state index in [4.69, 9.17) is 4.74 Å². The molecule has 0 amide bonds. The number of nitrogens with zero attached hydrogens (tertiary/aromatic N) is 1. The first-order chi connectivity index (χ1) is 10.7. The van der Waals surface area contributed by atoms with Crippen LogP contribution < -0.4 is 5.56 Å². The van der Waals surface area contributed by atoms with Crippen LogP contribution in [0.5, 0.6) is 0 Å². The Morgan fingerprint density at radius 1 is 1.35 bits per heavy atom. The van der Waals surface area contributed by atoms with Gasteiger partial charge in [0.2, 0.25) is 0 Å². The lowest BCUT2D eigenvalue weighted by Gasteiger charge is -2.25. The minimum absolute atomic E-state index is 0.172. The number of aldehydes is 1. The van der Waals surface area contributed by atoms with Gasteiger partial charge in [0.05, 0.1) is 6.61 Å². The Kier molecular flexibility index (Phi) is 5.04. The molecule has 1 heterocycles. The van der Waals surface area contributed by atoms with Gasteiger partial charge in [-0.25, -0.2) is 0 Å². The molecular formula is C17H18BrNO4. The zero-order valence-electron chi connectivity index (χ0n) is 13.3. The molecular weight excluding hydrogens is 362 g/mol. The van der Waals surface area contributed by atoms with Crippen LogP contribution in [-0.4, -0.2) is 23.4 Å². The van der Waals surface area contributed by atoms with Gasteiger partial charge in [0, 0.05) is 45.9 Å². The summed E-state index contributed by atoms with van der Waals surface area (Å²) in [5.74, 6) is -0.359. The Morgan fingerprint density at radius 3 is 2.65 bits per heavy atom. The number of ether oxygens (including phenoxy) is 1. The van der Waals surface area contributed by atoms with E-state index in [0.29, 0.717) is 22.9 Å². The highest BCUT2D eigenvalue weighted by Gasteiger charge is 2.22. The topological polar surface area (TPSA) is 65.4 Å². The molecule has 1 aromatic carbocycles. The molecule has 2 aromatic rings. The second-order valence-corrected chi connectivity index (χ2v) is 7.19. The average molecular weight is 380 g/mol. The van der Waals surface area contributed by atoms with Crippen molar-refractivity contribution in [3.63, 3.8) is 0 Å². The van der Waals surface area contributed by atoms with Crippen molar-refractivity contribution in [2.75, 3.05) is 6.61 Å². The van der Waals surface area contributed by atoms with Gasteiger partial charge in [0.1, 0.15) is 0 Å². The summed E-state index contributed by atoms with van der Waals surface area (Å²) < 4.78 is 7.36. The fourth-order valence-corrected chi connectivity index (χ4v) is 2.77. The number of hydrogen-bond acceptors (Lipinski definition) is 4. The number of fused-ring (bicyclic) bond motifs is 1. The Hall–Kier alpha value is -1.95. The summed E-state index contributed by atoms with van der Waals surface area (Å²) in [5.41, 5.74) is -0.156. The van der Waals surface area contributed by atoms with Crippen LogP contribution in [0.3, 0.4) is 0 Å². The van der Waals surface area contributed by atoms with E-state index in [0.717, 1.165) is 10.8 Å². The zero-order valence-corrected chi connectivity index (χ0v) is 14.8. The van der Waals surface area contributed by atoms with Crippen molar-refractivity contribution in [1.82, 2.24) is 4.57 Å². The number of aromatic nitrogens is 1. The molecule has 0 radical (unpaired) electrons. The number of carbonyl (C=O) groups excluding carboxylic acids is 2. The van der Waals surface area contributed by atoms with E-state index in [-0.39, 0.29) is 18.1 Å². The van der Waals surface area contributed by atoms with Crippen molar-refractivity contribution in [3.8, 4) is 0 Å². The van der Waals surface area contributed by atoms with Crippen molar-refractivity contribution in [2.24, 2.45) is 5.41 Å². The summed E-state index contributed by atoms with van der Waals surface area (Å²) in [5, 5.41) is 1.11. The molecule has 0 atom stereocenters. The number of rotatable bonds is 5. The summed E-state index contributed by atoms with van der Waals surface area (Å²) >= 11 is 3.35. The smallest absolute Gasteiger partial charge is 0.302 e. The van der Waals surface area contributed by atoms with Crippen LogP contribution in [0.4, 0.5) is 0 Å². The third kappa shape index (κ3) is 4.07. The lowest BCUT2D eigenvalue weighted by Crippen LogP contribution is -2.32. The maximum Gasteiger partial charge on any atom is 0.302 e. The van der Waals surface area contributed by atoms with Gasteiger partial charge < -0.3 is 9.30 Å². The Labute approximate surface area is 142 Å². The summed E-state index contributed by atoms with van der Waals surface area (Å²) in [7, 11) is 0. The highest BCUT2D eigenvalue weighted by molar-refractivity contribution is 9.10. The van der Waals surface area contributed by atoms with Crippen LogP contribution in [-0.2, 0) is 16.1 Å². The van der Waals surface area contributed by atoms with E-state index in [1.807, 2.05) is 13.8 Å². The van der Waals surface area contributed by atoms with Crippen LogP contribution in [0.25, 0.3) is 10.8 Å². The second kappa shape index (κ2) is 6.66. The predicted molar refractivity (Wildman–Crippen MR) is 91.7 cm³/mol. The molecule has 2 rings (SSSR count). The van der Waals surface area contributed by atoms with Crippen molar-refractivity contribution in [2.45, 2.75) is 27.3 Å². The first-order valence-corrected chi connectivity index (χ1v) is 7.94. The fourth-order valence-electron chi connectivity index (χ4n) is 2.41. The Balaban J connectivity index is 2.47. The number of halogens is 1. The zero-order chi connectivity index (χ0) is 17.2. The average Bonchev–Trinajstić information content (AvgIpc) is 2.48. The van der Waals surface area contributed by atoms with Crippen LogP contribution in [0, 0.1) is 5.41 Å². The molecule has 0 saturated heterocycles. The molecule has 5 nitrogen and oxygen atoms in total. The molecule has 6 heteroatoms. The van der Waals surface area contributed by atoms with Crippen LogP contribution in [0.1, 0.15) is 31.1 Å². The van der Waals surface area contributed by atoms with E-state index in [1.54, 1.807) is 24.4 Å². The standard InChI is InChI=1S/C17H18BrNO4/c1-11(21)23-10-17(2,3)9-19-7-12(8-20)15-6-13(18)4-5-14(15)16(19)22/h4-8H,9-10H2,1-3H3. The van der Waals surface area contributed by atoms with Crippen molar-refractivity contribution >= 4 is 39.0 Å². The monoisotopic (exact) mass is 379 g/mol. The van der Waals surface area contributed by atoms with Crippen LogP contribution in [0.2, 0.25) is 0 Å². The quantitative estimate of drug-likeness (QED) is 0.591. The minimum Gasteiger partial charge on any atom is -0.465 e. The van der Waals surface area contributed by atoms with Gasteiger partial charge in [-0.1, -0.05) is 29.8 Å². The molecule has 0 aliphatic heterocycles. The first-order valence-electron chi connectivity index (χ1n) is 7.15. The van der Waals surface area contributed by atoms with Crippen LogP contribution >= 0.6 is 15.9 Å². The number of hydrogen-bond donors (Lipinski definition) is 0. The SMILES string of the molecule is CC(=O)OCC(C)(C)Cn1cc(C=O)c2cc(Br)ccc2c1=O. The minimum atomic E-state index is -0.432. The summed E-state index contributed by atoms with van der Waals surface area (Å²) in [6.45, 7) is 5.68. The third-order valence-corrected chi connectivity index (χ3v) is 3.96. The van der Waals surface area contributed by atoms with Crippen LogP contribution in [0.15, 0.2) is 33.7 Å². The number of pyridine rings is 1. The number of carbonyl (C=O) groups is 2. The molecule has 0 N–H and O–H groups in total. The van der Waals surface area contributed by atoms with Gasteiger partial charge >= 0.3 is 5.97 Å². The lowest BCUT2D eigenvalue weighted by atomic mass is 9.94. The van der Waals surface area contributed by atoms with Crippen molar-refractivity contribution < 1.29 is 14.3 Å². The molecule has 0 aliphatic rings. The molecule has 0 unspecified atom stereocenters. The van der Waals surface area contributed by atoms with Crippen molar-refractivity contribution in [1.29, 1.82) is 0 Å². The molecule has 0 spiro atoms. The molecule has 0 saturated carbocycles. The molecule has 0 fully saturated rings. The maximum atomic E-state index is 12.6. The van der Waals surface area contributed by atoms with E-state index in [1.165, 1.54) is 11.5 Å². The Morgan fingerprint density at radius 2 is 2.04 bits per heavy atom. The fraction of sp³-hybridized carbons (Fsp3) is 0.353. The summed E-state index contributed by atoms with van der Waals surface area (Å²) in [6, 6.07) is 5.23. The number of benzene rings is 1. The van der Waals surface area contributed by atoms with E-state index in [2.05, 4.69) is 15.9 Å². The van der Waals surface area contributed by atoms with Gasteiger partial charge in [-0.15, -0.1) is 0 Å². The highest BCUT2D eigenvalue weighted by atomic mass is 79.9. The first kappa shape index (κ1) is 17.4. The molecule has 0 aliphatic carbocycles. The molecule has 0 bridgehead atoms. The predicted octanol–water partition coefficient (Wildman–Crippen LogP) is 3.17. The van der Waals surface area contributed by atoms with Gasteiger partial charge in [-0.2, -0.15) is 0 Å². The maximum absolute atomic E-state index is 12.6. The summed E-state index contributed by atoms with van der Waals surface area (Å²) in [6.07, 6.45) is 2.30.